The third-order valence-corrected chi connectivity index (χ3v) is 2.98. The molecule has 2 rings (SSSR count). The second-order valence-electron chi connectivity index (χ2n) is 4.13. The van der Waals surface area contributed by atoms with E-state index in [1.807, 2.05) is 19.9 Å². The molecule has 7 nitrogen and oxygen atoms in total. The molecule has 0 saturated heterocycles. The Hall–Kier alpha value is -2.75. The molecule has 0 bridgehead atoms. The largest absolute Gasteiger partial charge is 0.313 e. The van der Waals surface area contributed by atoms with Crippen LogP contribution in [0.4, 0.5) is 5.69 Å². The minimum absolute atomic E-state index is 0.0689. The summed E-state index contributed by atoms with van der Waals surface area (Å²) in [7, 11) is 0. The second kappa shape index (κ2) is 5.48. The van der Waals surface area contributed by atoms with E-state index in [2.05, 4.69) is 10.1 Å². The number of hydrogen-bond acceptors (Lipinski definition) is 5. The zero-order valence-corrected chi connectivity index (χ0v) is 11.2. The molecule has 2 aromatic heterocycles. The zero-order chi connectivity index (χ0) is 14.7. The Morgan fingerprint density at radius 2 is 2.15 bits per heavy atom. The maximum Gasteiger partial charge on any atom is 0.313 e. The van der Waals surface area contributed by atoms with Gasteiger partial charge in [-0.25, -0.2) is 9.67 Å². The average molecular weight is 271 g/mol. The van der Waals surface area contributed by atoms with Crippen LogP contribution in [0.5, 0.6) is 0 Å². The fourth-order valence-corrected chi connectivity index (χ4v) is 2.05. The molecule has 0 aliphatic heterocycles. The van der Waals surface area contributed by atoms with Crippen LogP contribution in [0.15, 0.2) is 18.3 Å². The molecule has 0 saturated carbocycles. The van der Waals surface area contributed by atoms with E-state index in [1.165, 1.54) is 10.9 Å². The van der Waals surface area contributed by atoms with Crippen molar-refractivity contribution in [1.29, 1.82) is 5.26 Å². The highest BCUT2D eigenvalue weighted by Crippen LogP contribution is 2.27. The first-order valence-corrected chi connectivity index (χ1v) is 6.24. The number of nitro groups is 1. The molecule has 2 heterocycles. The molecule has 0 spiro atoms. The van der Waals surface area contributed by atoms with Gasteiger partial charge in [-0.05, 0) is 25.0 Å². The molecule has 0 aromatic carbocycles. The molecule has 0 N–H and O–H groups in total. The summed E-state index contributed by atoms with van der Waals surface area (Å²) in [5.41, 5.74) is 1.97. The van der Waals surface area contributed by atoms with Gasteiger partial charge in [-0.2, -0.15) is 10.4 Å². The Bertz CT molecular complexity index is 682. The predicted molar refractivity (Wildman–Crippen MR) is 71.5 cm³/mol. The van der Waals surface area contributed by atoms with Crippen LogP contribution in [0.1, 0.15) is 30.9 Å². The quantitative estimate of drug-likeness (QED) is 0.627. The van der Waals surface area contributed by atoms with E-state index in [0.717, 1.165) is 0 Å². The second-order valence-corrected chi connectivity index (χ2v) is 4.13. The Kier molecular flexibility index (Phi) is 3.75. The standard InChI is InChI=1S/C13H13N5O2/c1-3-11-13(18(19)20)12(4-2)17(16-11)10-6-5-9(7-14)15-8-10/h5-6,8H,3-4H2,1-2H3. The minimum atomic E-state index is -0.391. The lowest BCUT2D eigenvalue weighted by Gasteiger charge is -2.04. The van der Waals surface area contributed by atoms with Crippen LogP contribution in [-0.4, -0.2) is 19.7 Å². The van der Waals surface area contributed by atoms with E-state index in [9.17, 15) is 10.1 Å². The third kappa shape index (κ3) is 2.23. The summed E-state index contributed by atoms with van der Waals surface area (Å²) in [5, 5.41) is 24.2. The lowest BCUT2D eigenvalue weighted by atomic mass is 10.2. The molecule has 0 radical (unpaired) electrons. The first-order valence-electron chi connectivity index (χ1n) is 6.24. The molecule has 102 valence electrons. The van der Waals surface area contributed by atoms with Gasteiger partial charge in [-0.3, -0.25) is 10.1 Å². The Morgan fingerprint density at radius 1 is 1.40 bits per heavy atom. The molecule has 20 heavy (non-hydrogen) atoms. The van der Waals surface area contributed by atoms with E-state index in [1.54, 1.807) is 12.1 Å². The van der Waals surface area contributed by atoms with E-state index in [0.29, 0.717) is 35.6 Å². The summed E-state index contributed by atoms with van der Waals surface area (Å²) in [6.07, 6.45) is 2.47. The van der Waals surface area contributed by atoms with Crippen molar-refractivity contribution in [2.75, 3.05) is 0 Å². The van der Waals surface area contributed by atoms with Gasteiger partial charge in [-0.15, -0.1) is 0 Å². The van der Waals surface area contributed by atoms with Crippen molar-refractivity contribution in [3.8, 4) is 11.8 Å². The fourth-order valence-electron chi connectivity index (χ4n) is 2.05. The monoisotopic (exact) mass is 271 g/mol. The van der Waals surface area contributed by atoms with E-state index < -0.39 is 4.92 Å². The summed E-state index contributed by atoms with van der Waals surface area (Å²) >= 11 is 0. The molecule has 0 amide bonds. The number of nitriles is 1. The zero-order valence-electron chi connectivity index (χ0n) is 11.2. The van der Waals surface area contributed by atoms with Gasteiger partial charge in [0, 0.05) is 0 Å². The number of aryl methyl sites for hydroxylation is 1. The fraction of sp³-hybridized carbons (Fsp3) is 0.308. The van der Waals surface area contributed by atoms with E-state index >= 15 is 0 Å². The minimum Gasteiger partial charge on any atom is -0.258 e. The molecule has 2 aromatic rings. The molecule has 0 aliphatic carbocycles. The normalized spacial score (nSPS) is 10.2. The van der Waals surface area contributed by atoms with Crippen LogP contribution in [0, 0.1) is 21.4 Å². The van der Waals surface area contributed by atoms with Gasteiger partial charge < -0.3 is 0 Å². The lowest BCUT2D eigenvalue weighted by molar-refractivity contribution is -0.386. The van der Waals surface area contributed by atoms with Crippen molar-refractivity contribution in [3.05, 3.63) is 45.5 Å². The average Bonchev–Trinajstić information content (AvgIpc) is 2.86. The van der Waals surface area contributed by atoms with Gasteiger partial charge in [0.15, 0.2) is 0 Å². The molecule has 0 atom stereocenters. The predicted octanol–water partition coefficient (Wildman–Crippen LogP) is 2.17. The van der Waals surface area contributed by atoms with Crippen LogP contribution >= 0.6 is 0 Å². The lowest BCUT2D eigenvalue weighted by Crippen LogP contribution is -2.03. The topological polar surface area (TPSA) is 97.6 Å². The Morgan fingerprint density at radius 3 is 2.60 bits per heavy atom. The molecule has 0 aliphatic rings. The highest BCUT2D eigenvalue weighted by atomic mass is 16.6. The van der Waals surface area contributed by atoms with E-state index in [-0.39, 0.29) is 5.69 Å². The number of aromatic nitrogens is 3. The summed E-state index contributed by atoms with van der Waals surface area (Å²) in [4.78, 5) is 14.8. The first kappa shape index (κ1) is 13.7. The van der Waals surface area contributed by atoms with Crippen molar-refractivity contribution in [1.82, 2.24) is 14.8 Å². The number of hydrogen-bond donors (Lipinski definition) is 0. The van der Waals surface area contributed by atoms with Crippen molar-refractivity contribution in [2.24, 2.45) is 0 Å². The number of nitrogens with zero attached hydrogens (tertiary/aromatic N) is 5. The maximum atomic E-state index is 11.2. The van der Waals surface area contributed by atoms with Gasteiger partial charge in [0.2, 0.25) is 0 Å². The van der Waals surface area contributed by atoms with Crippen molar-refractivity contribution < 1.29 is 4.92 Å². The highest BCUT2D eigenvalue weighted by molar-refractivity contribution is 5.46. The van der Waals surface area contributed by atoms with Gasteiger partial charge in [0.05, 0.1) is 16.8 Å². The van der Waals surface area contributed by atoms with Crippen molar-refractivity contribution >= 4 is 5.69 Å². The first-order chi connectivity index (χ1) is 9.62. The molecule has 0 unspecified atom stereocenters. The van der Waals surface area contributed by atoms with Crippen LogP contribution in [-0.2, 0) is 12.8 Å². The van der Waals surface area contributed by atoms with Crippen molar-refractivity contribution in [3.63, 3.8) is 0 Å². The summed E-state index contributed by atoms with van der Waals surface area (Å²) in [6, 6.07) is 5.18. The molecular formula is C13H13N5O2. The Labute approximate surface area is 115 Å². The molecule has 0 fully saturated rings. The van der Waals surface area contributed by atoms with Crippen LogP contribution in [0.2, 0.25) is 0 Å². The van der Waals surface area contributed by atoms with Gasteiger partial charge in [0.1, 0.15) is 23.2 Å². The van der Waals surface area contributed by atoms with Crippen molar-refractivity contribution in [2.45, 2.75) is 26.7 Å². The summed E-state index contributed by atoms with van der Waals surface area (Å²) in [5.74, 6) is 0. The summed E-state index contributed by atoms with van der Waals surface area (Å²) in [6.45, 7) is 3.67. The number of pyridine rings is 1. The van der Waals surface area contributed by atoms with Crippen LogP contribution < -0.4 is 0 Å². The maximum absolute atomic E-state index is 11.2. The SMILES string of the molecule is CCc1nn(-c2ccc(C#N)nc2)c(CC)c1[N+](=O)[O-]. The van der Waals surface area contributed by atoms with Crippen LogP contribution in [0.25, 0.3) is 5.69 Å². The summed E-state index contributed by atoms with van der Waals surface area (Å²) < 4.78 is 1.53. The van der Waals surface area contributed by atoms with Gasteiger partial charge in [0.25, 0.3) is 0 Å². The molecule has 7 heteroatoms. The van der Waals surface area contributed by atoms with Crippen LogP contribution in [0.3, 0.4) is 0 Å². The highest BCUT2D eigenvalue weighted by Gasteiger charge is 2.26. The molecular weight excluding hydrogens is 258 g/mol. The third-order valence-electron chi connectivity index (χ3n) is 2.98. The van der Waals surface area contributed by atoms with Gasteiger partial charge in [-0.1, -0.05) is 13.8 Å². The number of rotatable bonds is 4. The van der Waals surface area contributed by atoms with Gasteiger partial charge >= 0.3 is 5.69 Å². The Balaban J connectivity index is 2.61. The smallest absolute Gasteiger partial charge is 0.258 e. The van der Waals surface area contributed by atoms with E-state index in [4.69, 9.17) is 5.26 Å².